The second-order valence-electron chi connectivity index (χ2n) is 6.05. The Morgan fingerprint density at radius 1 is 1.29 bits per heavy atom. The lowest BCUT2D eigenvalue weighted by molar-refractivity contribution is -0.142. The topological polar surface area (TPSA) is 106 Å². The standard InChI is InChI=1S/C15H19N3O3/c1-14(2)8-11(19)18(13(14)21)9-15(17,12(16)20)10-6-4-3-5-7-10/h3-7H,8-9,17H2,1-2H3,(H2,16,20). The molecule has 1 unspecified atom stereocenters. The molecular weight excluding hydrogens is 270 g/mol. The molecule has 0 aliphatic carbocycles. The molecule has 6 nitrogen and oxygen atoms in total. The summed E-state index contributed by atoms with van der Waals surface area (Å²) < 4.78 is 0. The molecule has 0 radical (unpaired) electrons. The number of carbonyl (C=O) groups is 3. The second-order valence-corrected chi connectivity index (χ2v) is 6.05. The van der Waals surface area contributed by atoms with Crippen molar-refractivity contribution in [1.29, 1.82) is 0 Å². The van der Waals surface area contributed by atoms with E-state index in [4.69, 9.17) is 11.5 Å². The molecule has 0 saturated carbocycles. The zero-order valence-electron chi connectivity index (χ0n) is 12.1. The molecule has 1 atom stereocenters. The number of benzene rings is 1. The van der Waals surface area contributed by atoms with Gasteiger partial charge in [-0.05, 0) is 5.56 Å². The number of nitrogens with zero attached hydrogens (tertiary/aromatic N) is 1. The third-order valence-corrected chi connectivity index (χ3v) is 3.85. The van der Waals surface area contributed by atoms with Gasteiger partial charge in [0.05, 0.1) is 12.0 Å². The highest BCUT2D eigenvalue weighted by Crippen LogP contribution is 2.33. The zero-order chi connectivity index (χ0) is 15.8. The van der Waals surface area contributed by atoms with Gasteiger partial charge in [-0.15, -0.1) is 0 Å². The van der Waals surface area contributed by atoms with E-state index in [2.05, 4.69) is 0 Å². The molecule has 0 spiro atoms. The number of primary amides is 1. The first-order valence-corrected chi connectivity index (χ1v) is 6.67. The van der Waals surface area contributed by atoms with Crippen molar-refractivity contribution in [2.24, 2.45) is 16.9 Å². The summed E-state index contributed by atoms with van der Waals surface area (Å²) in [5.74, 6) is -1.45. The van der Waals surface area contributed by atoms with Gasteiger partial charge >= 0.3 is 0 Å². The number of nitrogens with two attached hydrogens (primary N) is 2. The fraction of sp³-hybridized carbons (Fsp3) is 0.400. The van der Waals surface area contributed by atoms with Crippen LogP contribution in [0.15, 0.2) is 30.3 Å². The van der Waals surface area contributed by atoms with E-state index in [0.29, 0.717) is 5.56 Å². The van der Waals surface area contributed by atoms with Crippen LogP contribution in [0.4, 0.5) is 0 Å². The highest BCUT2D eigenvalue weighted by atomic mass is 16.2. The van der Waals surface area contributed by atoms with Crippen LogP contribution >= 0.6 is 0 Å². The summed E-state index contributed by atoms with van der Waals surface area (Å²) in [5.41, 5.74) is 9.67. The van der Waals surface area contributed by atoms with Crippen molar-refractivity contribution in [2.45, 2.75) is 25.8 Å². The van der Waals surface area contributed by atoms with Crippen LogP contribution in [0.25, 0.3) is 0 Å². The second kappa shape index (κ2) is 4.96. The normalized spacial score (nSPS) is 20.4. The first kappa shape index (κ1) is 15.2. The minimum Gasteiger partial charge on any atom is -0.368 e. The molecule has 1 saturated heterocycles. The van der Waals surface area contributed by atoms with Crippen LogP contribution in [0.1, 0.15) is 25.8 Å². The Labute approximate surface area is 123 Å². The number of hydrogen-bond acceptors (Lipinski definition) is 4. The molecule has 112 valence electrons. The Morgan fingerprint density at radius 2 is 1.86 bits per heavy atom. The monoisotopic (exact) mass is 289 g/mol. The van der Waals surface area contributed by atoms with Crippen LogP contribution in [0.2, 0.25) is 0 Å². The maximum Gasteiger partial charge on any atom is 0.243 e. The van der Waals surface area contributed by atoms with Gasteiger partial charge in [-0.3, -0.25) is 19.3 Å². The molecule has 3 amide bonds. The lowest BCUT2D eigenvalue weighted by atomic mass is 9.89. The van der Waals surface area contributed by atoms with E-state index >= 15 is 0 Å². The van der Waals surface area contributed by atoms with Crippen LogP contribution in [0.3, 0.4) is 0 Å². The molecule has 1 heterocycles. The van der Waals surface area contributed by atoms with Crippen LogP contribution in [-0.2, 0) is 19.9 Å². The SMILES string of the molecule is CC1(C)CC(=O)N(CC(N)(C(N)=O)c2ccccc2)C1=O. The fourth-order valence-electron chi connectivity index (χ4n) is 2.48. The van der Waals surface area contributed by atoms with Gasteiger partial charge in [0.25, 0.3) is 0 Å². The highest BCUT2D eigenvalue weighted by Gasteiger charge is 2.48. The van der Waals surface area contributed by atoms with Crippen molar-refractivity contribution in [3.63, 3.8) is 0 Å². The summed E-state index contributed by atoms with van der Waals surface area (Å²) in [6.07, 6.45) is 0.107. The lowest BCUT2D eigenvalue weighted by Gasteiger charge is -2.31. The highest BCUT2D eigenvalue weighted by molar-refractivity contribution is 6.06. The van der Waals surface area contributed by atoms with Crippen LogP contribution in [-0.4, -0.2) is 29.2 Å². The number of likely N-dealkylation sites (tertiary alicyclic amines) is 1. The first-order chi connectivity index (χ1) is 9.68. The van der Waals surface area contributed by atoms with E-state index < -0.39 is 16.9 Å². The van der Waals surface area contributed by atoms with E-state index in [-0.39, 0.29) is 24.8 Å². The third kappa shape index (κ3) is 2.54. The molecule has 6 heteroatoms. The summed E-state index contributed by atoms with van der Waals surface area (Å²) in [5, 5.41) is 0. The summed E-state index contributed by atoms with van der Waals surface area (Å²) in [6, 6.07) is 8.52. The van der Waals surface area contributed by atoms with Crippen molar-refractivity contribution in [3.05, 3.63) is 35.9 Å². The Hall–Kier alpha value is -2.21. The largest absolute Gasteiger partial charge is 0.368 e. The van der Waals surface area contributed by atoms with Crippen LogP contribution in [0, 0.1) is 5.41 Å². The van der Waals surface area contributed by atoms with Gasteiger partial charge in [0.1, 0.15) is 5.54 Å². The summed E-state index contributed by atoms with van der Waals surface area (Å²) in [7, 11) is 0. The van der Waals surface area contributed by atoms with Crippen molar-refractivity contribution in [2.75, 3.05) is 6.54 Å². The Bertz CT molecular complexity index is 597. The minimum absolute atomic E-state index is 0.107. The van der Waals surface area contributed by atoms with Gasteiger partial charge in [-0.1, -0.05) is 44.2 Å². The van der Waals surface area contributed by atoms with Crippen molar-refractivity contribution >= 4 is 17.7 Å². The third-order valence-electron chi connectivity index (χ3n) is 3.85. The lowest BCUT2D eigenvalue weighted by Crippen LogP contribution is -2.57. The van der Waals surface area contributed by atoms with Crippen molar-refractivity contribution < 1.29 is 14.4 Å². The molecule has 21 heavy (non-hydrogen) atoms. The molecule has 4 N–H and O–H groups in total. The molecule has 1 fully saturated rings. The molecule has 1 aliphatic rings. The Morgan fingerprint density at radius 3 is 2.29 bits per heavy atom. The van der Waals surface area contributed by atoms with Crippen LogP contribution < -0.4 is 11.5 Å². The van der Waals surface area contributed by atoms with E-state index in [1.165, 1.54) is 0 Å². The summed E-state index contributed by atoms with van der Waals surface area (Å²) >= 11 is 0. The van der Waals surface area contributed by atoms with Gasteiger partial charge in [0, 0.05) is 6.42 Å². The first-order valence-electron chi connectivity index (χ1n) is 6.67. The van der Waals surface area contributed by atoms with Crippen molar-refractivity contribution in [1.82, 2.24) is 4.90 Å². The van der Waals surface area contributed by atoms with Crippen LogP contribution in [0.5, 0.6) is 0 Å². The van der Waals surface area contributed by atoms with E-state index in [1.807, 2.05) is 0 Å². The molecule has 1 aliphatic heterocycles. The quantitative estimate of drug-likeness (QED) is 0.767. The fourth-order valence-corrected chi connectivity index (χ4v) is 2.48. The average molecular weight is 289 g/mol. The predicted molar refractivity (Wildman–Crippen MR) is 76.6 cm³/mol. The van der Waals surface area contributed by atoms with E-state index in [0.717, 1.165) is 4.90 Å². The maximum atomic E-state index is 12.3. The van der Waals surface area contributed by atoms with Gasteiger partial charge in [0.2, 0.25) is 17.7 Å². The zero-order valence-corrected chi connectivity index (χ0v) is 12.1. The van der Waals surface area contributed by atoms with Crippen molar-refractivity contribution in [3.8, 4) is 0 Å². The predicted octanol–water partition coefficient (Wildman–Crippen LogP) is 0.111. The van der Waals surface area contributed by atoms with Gasteiger partial charge < -0.3 is 11.5 Å². The average Bonchev–Trinajstić information content (AvgIpc) is 2.61. The maximum absolute atomic E-state index is 12.3. The Balaban J connectivity index is 2.37. The number of carbonyl (C=O) groups excluding carboxylic acids is 3. The molecule has 2 rings (SSSR count). The molecule has 1 aromatic rings. The number of hydrogen-bond donors (Lipinski definition) is 2. The summed E-state index contributed by atoms with van der Waals surface area (Å²) in [6.45, 7) is 3.14. The van der Waals surface area contributed by atoms with E-state index in [1.54, 1.807) is 44.2 Å². The molecule has 0 bridgehead atoms. The molecule has 0 aromatic heterocycles. The smallest absolute Gasteiger partial charge is 0.243 e. The number of amides is 3. The Kier molecular flexibility index (Phi) is 3.59. The number of imide groups is 1. The molecule has 1 aromatic carbocycles. The number of rotatable bonds is 4. The van der Waals surface area contributed by atoms with Gasteiger partial charge in [-0.25, -0.2) is 0 Å². The summed E-state index contributed by atoms with van der Waals surface area (Å²) in [4.78, 5) is 37.2. The molecular formula is C15H19N3O3. The van der Waals surface area contributed by atoms with Gasteiger partial charge in [-0.2, -0.15) is 0 Å². The van der Waals surface area contributed by atoms with E-state index in [9.17, 15) is 14.4 Å². The minimum atomic E-state index is -1.59. The van der Waals surface area contributed by atoms with Gasteiger partial charge in [0.15, 0.2) is 0 Å².